The van der Waals surface area contributed by atoms with Gasteiger partial charge in [-0.3, -0.25) is 19.2 Å². The summed E-state index contributed by atoms with van der Waals surface area (Å²) in [5, 5.41) is 2.57. The molecule has 0 saturated carbocycles. The van der Waals surface area contributed by atoms with Crippen molar-refractivity contribution < 1.29 is 28.2 Å². The molecule has 0 bridgehead atoms. The van der Waals surface area contributed by atoms with E-state index >= 15 is 0 Å². The Morgan fingerprint density at radius 1 is 1.12 bits per heavy atom. The van der Waals surface area contributed by atoms with E-state index in [4.69, 9.17) is 9.26 Å². The fraction of sp³-hybridized carbons (Fsp3) is 0.625. The molecule has 8 nitrogen and oxygen atoms in total. The van der Waals surface area contributed by atoms with Crippen LogP contribution in [0.5, 0.6) is 0 Å². The predicted octanol–water partition coefficient (Wildman–Crippen LogP) is 3.78. The van der Waals surface area contributed by atoms with E-state index in [1.807, 2.05) is 18.2 Å². The van der Waals surface area contributed by atoms with Gasteiger partial charge in [-0.25, -0.2) is 9.80 Å². The second-order valence-electron chi connectivity index (χ2n) is 8.60. The number of aryl methyl sites for hydroxylation is 1. The first kappa shape index (κ1) is 25.4. The van der Waals surface area contributed by atoms with Gasteiger partial charge < -0.3 is 9.26 Å². The fourth-order valence-corrected chi connectivity index (χ4v) is 7.45. The third kappa shape index (κ3) is 6.04. The Morgan fingerprint density at radius 3 is 2.58 bits per heavy atom. The monoisotopic (exact) mass is 478 g/mol. The number of ether oxygens (including phenoxy) is 1. The Bertz CT molecular complexity index is 877. The highest BCUT2D eigenvalue weighted by atomic mass is 31.2. The lowest BCUT2D eigenvalue weighted by Crippen LogP contribution is -2.60. The Balaban J connectivity index is 1.71. The first-order valence-corrected chi connectivity index (χ1v) is 13.8. The minimum absolute atomic E-state index is 0.103. The van der Waals surface area contributed by atoms with Crippen LogP contribution in [0.3, 0.4) is 0 Å². The Morgan fingerprint density at radius 2 is 1.88 bits per heavy atom. The Labute approximate surface area is 196 Å². The summed E-state index contributed by atoms with van der Waals surface area (Å²) in [6, 6.07) is 9.33. The average molecular weight is 479 g/mol. The third-order valence-corrected chi connectivity index (χ3v) is 9.47. The normalized spacial score (nSPS) is 23.0. The van der Waals surface area contributed by atoms with E-state index in [1.165, 1.54) is 22.7 Å². The summed E-state index contributed by atoms with van der Waals surface area (Å²) in [4.78, 5) is 38.8. The lowest BCUT2D eigenvalue weighted by Gasteiger charge is -2.42. The van der Waals surface area contributed by atoms with Crippen molar-refractivity contribution in [2.24, 2.45) is 0 Å². The second kappa shape index (κ2) is 11.8. The van der Waals surface area contributed by atoms with Crippen molar-refractivity contribution in [3.8, 4) is 0 Å². The number of carbonyl (C=O) groups is 3. The largest absolute Gasteiger partial charge is 0.467 e. The summed E-state index contributed by atoms with van der Waals surface area (Å²) < 4.78 is 24.6. The summed E-state index contributed by atoms with van der Waals surface area (Å²) in [6.45, 7) is 2.35. The van der Waals surface area contributed by atoms with Gasteiger partial charge >= 0.3 is 5.97 Å². The summed E-state index contributed by atoms with van der Waals surface area (Å²) >= 11 is 0. The van der Waals surface area contributed by atoms with Crippen molar-refractivity contribution in [2.45, 2.75) is 70.0 Å². The molecule has 2 aliphatic heterocycles. The molecule has 0 spiro atoms. The van der Waals surface area contributed by atoms with Crippen LogP contribution in [-0.4, -0.2) is 65.9 Å². The van der Waals surface area contributed by atoms with Gasteiger partial charge in [0, 0.05) is 19.1 Å². The van der Waals surface area contributed by atoms with Gasteiger partial charge in [0.1, 0.15) is 5.66 Å². The topological polar surface area (TPSA) is 93.2 Å². The van der Waals surface area contributed by atoms with Gasteiger partial charge in [-0.1, -0.05) is 36.8 Å². The van der Waals surface area contributed by atoms with Gasteiger partial charge in [-0.05, 0) is 51.0 Å². The number of rotatable bonds is 10. The molecule has 9 heteroatoms. The molecule has 182 valence electrons. The van der Waals surface area contributed by atoms with E-state index in [2.05, 4.69) is 12.1 Å². The quantitative estimate of drug-likeness (QED) is 0.289. The zero-order chi connectivity index (χ0) is 23.8. The fourth-order valence-electron chi connectivity index (χ4n) is 4.75. The van der Waals surface area contributed by atoms with Gasteiger partial charge in [-0.2, -0.15) is 0 Å². The molecular weight excluding hydrogens is 443 g/mol. The Hall–Kier alpha value is -2.18. The van der Waals surface area contributed by atoms with Crippen LogP contribution in [0.15, 0.2) is 30.3 Å². The number of hydrogen-bond acceptors (Lipinski definition) is 6. The number of esters is 1. The molecule has 2 saturated heterocycles. The van der Waals surface area contributed by atoms with E-state index in [0.717, 1.165) is 19.3 Å². The zero-order valence-electron chi connectivity index (χ0n) is 19.6. The molecule has 0 aromatic heterocycles. The van der Waals surface area contributed by atoms with Crippen molar-refractivity contribution in [3.63, 3.8) is 0 Å². The van der Waals surface area contributed by atoms with Gasteiger partial charge in [-0.15, -0.1) is 0 Å². The molecule has 2 aliphatic rings. The number of hydrogen-bond donors (Lipinski definition) is 0. The minimum Gasteiger partial charge on any atom is -0.467 e. The van der Waals surface area contributed by atoms with E-state index in [1.54, 1.807) is 6.92 Å². The number of carbonyl (C=O) groups excluding carboxylic acids is 3. The van der Waals surface area contributed by atoms with Crippen LogP contribution in [0.1, 0.15) is 57.4 Å². The van der Waals surface area contributed by atoms with Crippen LogP contribution in [0.4, 0.5) is 0 Å². The highest BCUT2D eigenvalue weighted by molar-refractivity contribution is 7.60. The lowest BCUT2D eigenvalue weighted by atomic mass is 10.1. The number of amides is 2. The summed E-state index contributed by atoms with van der Waals surface area (Å²) in [5.41, 5.74) is 0.341. The molecule has 1 aromatic carbocycles. The van der Waals surface area contributed by atoms with E-state index in [0.29, 0.717) is 25.8 Å². The molecule has 1 aromatic rings. The van der Waals surface area contributed by atoms with Crippen molar-refractivity contribution in [1.82, 2.24) is 10.0 Å². The number of unbranched alkanes of at least 4 members (excludes halogenated alkanes) is 2. The predicted molar refractivity (Wildman–Crippen MR) is 125 cm³/mol. The van der Waals surface area contributed by atoms with Crippen LogP contribution in [0.2, 0.25) is 0 Å². The summed E-state index contributed by atoms with van der Waals surface area (Å²) in [7, 11) is -2.10. The van der Waals surface area contributed by atoms with Crippen LogP contribution >= 0.6 is 7.37 Å². The van der Waals surface area contributed by atoms with Gasteiger partial charge in [0.25, 0.3) is 5.91 Å². The van der Waals surface area contributed by atoms with Crippen LogP contribution < -0.4 is 0 Å². The molecule has 2 heterocycles. The lowest BCUT2D eigenvalue weighted by molar-refractivity contribution is -0.181. The van der Waals surface area contributed by atoms with Gasteiger partial charge in [0.05, 0.1) is 13.7 Å². The number of methoxy groups -OCH3 is 1. The minimum atomic E-state index is -3.37. The molecular formula is C24H35N2O6P. The molecule has 0 radical (unpaired) electrons. The maximum absolute atomic E-state index is 14.0. The van der Waals surface area contributed by atoms with Crippen molar-refractivity contribution in [3.05, 3.63) is 35.9 Å². The zero-order valence-corrected chi connectivity index (χ0v) is 20.5. The van der Waals surface area contributed by atoms with Gasteiger partial charge in [0.2, 0.25) is 13.3 Å². The molecule has 2 amide bonds. The number of nitrogens with zero attached hydrogens (tertiary/aromatic N) is 2. The molecule has 2 fully saturated rings. The first-order valence-electron chi connectivity index (χ1n) is 11.9. The Kier molecular flexibility index (Phi) is 9.10. The number of fused-ring (bicyclic) bond motifs is 1. The molecule has 33 heavy (non-hydrogen) atoms. The molecule has 3 atom stereocenters. The summed E-state index contributed by atoms with van der Waals surface area (Å²) in [5.74, 6) is -1.25. The van der Waals surface area contributed by atoms with E-state index in [9.17, 15) is 18.9 Å². The second-order valence-corrected chi connectivity index (χ2v) is 11.4. The molecule has 3 rings (SSSR count). The van der Waals surface area contributed by atoms with E-state index in [-0.39, 0.29) is 31.5 Å². The standard InChI is InChI=1S/C24H35N2O6P/c1-3-32-33(30,18-9-5-8-13-19-11-6-4-7-12-19)21-15-16-22(27)25-17-10-14-20(24(29)31-2)26(25)23(21)28/h4,6-7,11-12,20-21H,3,5,8-10,13-18H2,1-2H3/t20-,21-,33?/m0/s1. The maximum atomic E-state index is 14.0. The van der Waals surface area contributed by atoms with Crippen molar-refractivity contribution in [1.29, 1.82) is 0 Å². The highest BCUT2D eigenvalue weighted by Gasteiger charge is 2.50. The average Bonchev–Trinajstić information content (AvgIpc) is 2.96. The van der Waals surface area contributed by atoms with Crippen LogP contribution in [0, 0.1) is 0 Å². The van der Waals surface area contributed by atoms with Crippen molar-refractivity contribution >= 4 is 25.2 Å². The van der Waals surface area contributed by atoms with E-state index < -0.39 is 30.9 Å². The molecule has 0 aliphatic carbocycles. The smallest absolute Gasteiger partial charge is 0.330 e. The van der Waals surface area contributed by atoms with Crippen LogP contribution in [0.25, 0.3) is 0 Å². The van der Waals surface area contributed by atoms with Gasteiger partial charge in [0.15, 0.2) is 6.04 Å². The van der Waals surface area contributed by atoms with Crippen LogP contribution in [-0.2, 0) is 34.6 Å². The maximum Gasteiger partial charge on any atom is 0.330 e. The molecule has 1 unspecified atom stereocenters. The summed E-state index contributed by atoms with van der Waals surface area (Å²) in [6.07, 6.45) is 5.01. The SMILES string of the molecule is CCOP(=O)(CCCCCc1ccccc1)[C@H]1CCC(=O)N2CCC[C@@H](C(=O)OC)N2C1=O. The molecule has 0 N–H and O–H groups in total. The third-order valence-electron chi connectivity index (χ3n) is 6.41. The number of hydrazine groups is 1. The number of benzene rings is 1. The van der Waals surface area contributed by atoms with Crippen molar-refractivity contribution in [2.75, 3.05) is 26.4 Å². The first-order chi connectivity index (χ1) is 15.9. The highest BCUT2D eigenvalue weighted by Crippen LogP contribution is 2.55.